The Hall–Kier alpha value is -1.45. The van der Waals surface area contributed by atoms with Crippen LogP contribution in [0, 0.1) is 12.8 Å². The summed E-state index contributed by atoms with van der Waals surface area (Å²) in [7, 11) is 0. The fraction of sp³-hybridized carbons (Fsp3) is 0.500. The summed E-state index contributed by atoms with van der Waals surface area (Å²) in [5, 5.41) is 0. The molecule has 1 aromatic heterocycles. The first-order valence-electron chi connectivity index (χ1n) is 5.55. The van der Waals surface area contributed by atoms with Crippen LogP contribution in [0.4, 0.5) is 5.82 Å². The minimum absolute atomic E-state index is 0.235. The molecule has 1 fully saturated rings. The van der Waals surface area contributed by atoms with Gasteiger partial charge in [0, 0.05) is 30.8 Å². The van der Waals surface area contributed by atoms with Crippen LogP contribution < -0.4 is 4.90 Å². The molecule has 0 aliphatic carbocycles. The van der Waals surface area contributed by atoms with Gasteiger partial charge in [0.1, 0.15) is 17.9 Å². The van der Waals surface area contributed by atoms with Crippen molar-refractivity contribution >= 4 is 11.6 Å². The van der Waals surface area contributed by atoms with Gasteiger partial charge >= 0.3 is 0 Å². The normalized spacial score (nSPS) is 17.5. The second kappa shape index (κ2) is 4.60. The van der Waals surface area contributed by atoms with Crippen molar-refractivity contribution in [3.8, 4) is 0 Å². The number of hydrogen-bond donors (Lipinski definition) is 0. The molecule has 16 heavy (non-hydrogen) atoms. The predicted molar refractivity (Wildman–Crippen MR) is 62.1 cm³/mol. The smallest absolute Gasteiger partial charge is 0.137 e. The molecule has 4 nitrogen and oxygen atoms in total. The number of Topliss-reactive ketones (excluding diaryl/α,β-unsaturated/α-hetero) is 1. The number of carbonyl (C=O) groups excluding carboxylic acids is 1. The van der Waals surface area contributed by atoms with Crippen LogP contribution in [0.1, 0.15) is 25.3 Å². The van der Waals surface area contributed by atoms with Crippen molar-refractivity contribution in [1.82, 2.24) is 9.97 Å². The number of rotatable bonds is 2. The van der Waals surface area contributed by atoms with Crippen LogP contribution in [0.25, 0.3) is 0 Å². The third-order valence-corrected chi connectivity index (χ3v) is 3.03. The highest BCUT2D eigenvalue weighted by Crippen LogP contribution is 2.25. The zero-order valence-corrected chi connectivity index (χ0v) is 9.73. The minimum Gasteiger partial charge on any atom is -0.356 e. The minimum atomic E-state index is 0.235. The first kappa shape index (κ1) is 11.0. The molecule has 0 N–H and O–H groups in total. The van der Waals surface area contributed by atoms with Crippen molar-refractivity contribution in [3.05, 3.63) is 24.0 Å². The van der Waals surface area contributed by atoms with E-state index in [1.54, 1.807) is 13.3 Å². The van der Waals surface area contributed by atoms with Crippen LogP contribution in [0.2, 0.25) is 0 Å². The summed E-state index contributed by atoms with van der Waals surface area (Å²) in [4.78, 5) is 21.7. The van der Waals surface area contributed by atoms with E-state index in [1.807, 2.05) is 13.1 Å². The zero-order valence-electron chi connectivity index (χ0n) is 9.73. The molecule has 0 aromatic carbocycles. The Morgan fingerprint density at radius 3 is 2.62 bits per heavy atom. The fourth-order valence-corrected chi connectivity index (χ4v) is 2.06. The summed E-state index contributed by atoms with van der Waals surface area (Å²) in [6.45, 7) is 5.43. The molecule has 0 atom stereocenters. The average Bonchev–Trinajstić information content (AvgIpc) is 2.30. The second-order valence-corrected chi connectivity index (χ2v) is 4.18. The number of aromatic nitrogens is 2. The fourth-order valence-electron chi connectivity index (χ4n) is 2.06. The van der Waals surface area contributed by atoms with Gasteiger partial charge in [0.15, 0.2) is 0 Å². The molecule has 1 aliphatic rings. The molecule has 1 radical (unpaired) electrons. The Kier molecular flexibility index (Phi) is 3.17. The van der Waals surface area contributed by atoms with Crippen molar-refractivity contribution in [2.45, 2.75) is 26.7 Å². The Labute approximate surface area is 95.7 Å². The van der Waals surface area contributed by atoms with E-state index in [0.29, 0.717) is 0 Å². The SMILES string of the molecule is CC(=O)[C]1CCN(c2ncncc2C)CC1. The van der Waals surface area contributed by atoms with E-state index >= 15 is 0 Å². The predicted octanol–water partition coefficient (Wildman–Crippen LogP) is 1.55. The highest BCUT2D eigenvalue weighted by atomic mass is 16.1. The first-order chi connectivity index (χ1) is 7.68. The lowest BCUT2D eigenvalue weighted by Gasteiger charge is -2.31. The standard InChI is InChI=1S/C12H16N3O/c1-9-7-13-8-14-12(9)15-5-3-11(4-6-15)10(2)16/h7-8H,3-6H2,1-2H3. The molecule has 2 rings (SSSR count). The molecule has 1 aromatic rings. The van der Waals surface area contributed by atoms with Gasteiger partial charge in [0.05, 0.1) is 0 Å². The molecule has 1 saturated heterocycles. The summed E-state index contributed by atoms with van der Waals surface area (Å²) in [6.07, 6.45) is 5.12. The Bertz CT molecular complexity index is 384. The van der Waals surface area contributed by atoms with Crippen LogP contribution in [-0.2, 0) is 4.79 Å². The molecule has 0 saturated carbocycles. The van der Waals surface area contributed by atoms with E-state index in [0.717, 1.165) is 43.2 Å². The van der Waals surface area contributed by atoms with Crippen LogP contribution in [0.15, 0.2) is 12.5 Å². The Morgan fingerprint density at radius 2 is 2.06 bits per heavy atom. The van der Waals surface area contributed by atoms with Gasteiger partial charge in [-0.05, 0) is 26.7 Å². The summed E-state index contributed by atoms with van der Waals surface area (Å²) in [5.41, 5.74) is 1.09. The number of hydrogen-bond acceptors (Lipinski definition) is 4. The number of aryl methyl sites for hydroxylation is 1. The molecular weight excluding hydrogens is 202 g/mol. The van der Waals surface area contributed by atoms with Gasteiger partial charge in [-0.25, -0.2) is 9.97 Å². The molecule has 2 heterocycles. The topological polar surface area (TPSA) is 46.1 Å². The Morgan fingerprint density at radius 1 is 1.38 bits per heavy atom. The molecule has 4 heteroatoms. The summed E-state index contributed by atoms with van der Waals surface area (Å²) in [6, 6.07) is 0. The van der Waals surface area contributed by atoms with Crippen LogP contribution >= 0.6 is 0 Å². The monoisotopic (exact) mass is 218 g/mol. The summed E-state index contributed by atoms with van der Waals surface area (Å²) < 4.78 is 0. The number of anilines is 1. The molecule has 0 amide bonds. The third-order valence-electron chi connectivity index (χ3n) is 3.03. The summed E-state index contributed by atoms with van der Waals surface area (Å²) >= 11 is 0. The third kappa shape index (κ3) is 2.21. The van der Waals surface area contributed by atoms with E-state index < -0.39 is 0 Å². The van der Waals surface area contributed by atoms with Gasteiger partial charge < -0.3 is 4.90 Å². The lowest BCUT2D eigenvalue weighted by atomic mass is 9.93. The van der Waals surface area contributed by atoms with Crippen molar-refractivity contribution < 1.29 is 4.79 Å². The molecule has 0 bridgehead atoms. The van der Waals surface area contributed by atoms with E-state index in [-0.39, 0.29) is 5.78 Å². The second-order valence-electron chi connectivity index (χ2n) is 4.18. The number of piperidine rings is 1. The first-order valence-corrected chi connectivity index (χ1v) is 5.55. The molecule has 85 valence electrons. The van der Waals surface area contributed by atoms with Gasteiger partial charge in [-0.15, -0.1) is 0 Å². The van der Waals surface area contributed by atoms with Crippen molar-refractivity contribution in [3.63, 3.8) is 0 Å². The largest absolute Gasteiger partial charge is 0.356 e. The maximum absolute atomic E-state index is 11.2. The van der Waals surface area contributed by atoms with E-state index in [9.17, 15) is 4.79 Å². The van der Waals surface area contributed by atoms with E-state index in [2.05, 4.69) is 14.9 Å². The van der Waals surface area contributed by atoms with E-state index in [1.165, 1.54) is 0 Å². The Balaban J connectivity index is 2.05. The van der Waals surface area contributed by atoms with Gasteiger partial charge in [-0.1, -0.05) is 0 Å². The van der Waals surface area contributed by atoms with Gasteiger partial charge in [-0.2, -0.15) is 0 Å². The molecular formula is C12H16N3O. The average molecular weight is 218 g/mol. The number of nitrogens with zero attached hydrogens (tertiary/aromatic N) is 3. The van der Waals surface area contributed by atoms with Gasteiger partial charge in [-0.3, -0.25) is 4.79 Å². The lowest BCUT2D eigenvalue weighted by Crippen LogP contribution is -2.35. The maximum atomic E-state index is 11.2. The van der Waals surface area contributed by atoms with Gasteiger partial charge in [0.25, 0.3) is 0 Å². The number of carbonyl (C=O) groups is 1. The molecule has 0 spiro atoms. The zero-order chi connectivity index (χ0) is 11.5. The van der Waals surface area contributed by atoms with Crippen molar-refractivity contribution in [2.75, 3.05) is 18.0 Å². The molecule has 0 unspecified atom stereocenters. The highest BCUT2D eigenvalue weighted by Gasteiger charge is 2.24. The van der Waals surface area contributed by atoms with Crippen molar-refractivity contribution in [1.29, 1.82) is 0 Å². The number of ketones is 1. The quantitative estimate of drug-likeness (QED) is 0.755. The van der Waals surface area contributed by atoms with Crippen LogP contribution in [0.5, 0.6) is 0 Å². The maximum Gasteiger partial charge on any atom is 0.137 e. The lowest BCUT2D eigenvalue weighted by molar-refractivity contribution is -0.115. The van der Waals surface area contributed by atoms with E-state index in [4.69, 9.17) is 0 Å². The summed E-state index contributed by atoms with van der Waals surface area (Å²) in [5.74, 6) is 2.29. The van der Waals surface area contributed by atoms with Crippen molar-refractivity contribution in [2.24, 2.45) is 0 Å². The van der Waals surface area contributed by atoms with Crippen LogP contribution in [-0.4, -0.2) is 28.8 Å². The van der Waals surface area contributed by atoms with Gasteiger partial charge in [0.2, 0.25) is 0 Å². The highest BCUT2D eigenvalue weighted by molar-refractivity contribution is 5.90. The van der Waals surface area contributed by atoms with Crippen LogP contribution in [0.3, 0.4) is 0 Å². The molecule has 1 aliphatic heterocycles.